The van der Waals surface area contributed by atoms with Gasteiger partial charge in [0.2, 0.25) is 0 Å². The third-order valence-corrected chi connectivity index (χ3v) is 0.961. The largest absolute Gasteiger partial charge is 0.258 e. The van der Waals surface area contributed by atoms with Gasteiger partial charge in [-0.1, -0.05) is 6.07 Å². The summed E-state index contributed by atoms with van der Waals surface area (Å²) in [7, 11) is 0. The van der Waals surface area contributed by atoms with Crippen molar-refractivity contribution in [3.8, 4) is 0 Å². The molecule has 41 valence electrons. The van der Waals surface area contributed by atoms with E-state index >= 15 is 0 Å². The van der Waals surface area contributed by atoms with Gasteiger partial charge in [0.15, 0.2) is 0 Å². The van der Waals surface area contributed by atoms with E-state index in [1.54, 1.807) is 0 Å². The molecule has 0 saturated heterocycles. The molecule has 0 atom stereocenters. The van der Waals surface area contributed by atoms with Gasteiger partial charge in [-0.05, 0) is 19.9 Å². The van der Waals surface area contributed by atoms with E-state index in [1.165, 1.54) is 0 Å². The smallest absolute Gasteiger partial charge is 0.0454 e. The molecule has 0 aliphatic rings. The minimum absolute atomic E-state index is 0.963. The third-order valence-electron chi connectivity index (χ3n) is 0.961. The number of hydrogen-bond acceptors (Lipinski definition) is 1. The van der Waals surface area contributed by atoms with E-state index in [1.807, 2.05) is 26.0 Å². The molecular weight excluding hydrogens is 98.1 g/mol. The van der Waals surface area contributed by atoms with Crippen molar-refractivity contribution in [2.45, 2.75) is 13.8 Å². The quantitative estimate of drug-likeness (QED) is 0.488. The van der Waals surface area contributed by atoms with E-state index < -0.39 is 0 Å². The summed E-state index contributed by atoms with van der Waals surface area (Å²) in [5.74, 6) is 0. The monoisotopic (exact) mass is 106 g/mol. The summed E-state index contributed by atoms with van der Waals surface area (Å²) in [5.41, 5.74) is 2.02. The number of aryl methyl sites for hydroxylation is 2. The second-order valence-corrected chi connectivity index (χ2v) is 1.82. The first kappa shape index (κ1) is 5.29. The molecule has 0 aromatic carbocycles. The van der Waals surface area contributed by atoms with Crippen molar-refractivity contribution in [3.63, 3.8) is 0 Å². The number of hydrogen-bond donors (Lipinski definition) is 0. The first-order valence-corrected chi connectivity index (χ1v) is 2.61. The second-order valence-electron chi connectivity index (χ2n) is 1.82. The van der Waals surface area contributed by atoms with Crippen LogP contribution in [0.25, 0.3) is 0 Å². The van der Waals surface area contributed by atoms with E-state index in [0.717, 1.165) is 11.4 Å². The van der Waals surface area contributed by atoms with Crippen LogP contribution in [0.3, 0.4) is 0 Å². The highest BCUT2D eigenvalue weighted by atomic mass is 14.7. The van der Waals surface area contributed by atoms with E-state index in [2.05, 4.69) is 11.1 Å². The van der Waals surface area contributed by atoms with Crippen LogP contribution in [0.15, 0.2) is 12.1 Å². The molecule has 0 spiro atoms. The maximum atomic E-state index is 4.12. The molecule has 8 heavy (non-hydrogen) atoms. The summed E-state index contributed by atoms with van der Waals surface area (Å²) in [6, 6.07) is 6.79. The summed E-state index contributed by atoms with van der Waals surface area (Å²) in [5, 5.41) is 0. The molecule has 0 saturated carbocycles. The lowest BCUT2D eigenvalue weighted by Crippen LogP contribution is -1.81. The van der Waals surface area contributed by atoms with Crippen molar-refractivity contribution < 1.29 is 0 Å². The Balaban J connectivity index is 3.08. The Kier molecular flexibility index (Phi) is 1.29. The van der Waals surface area contributed by atoms with Crippen LogP contribution >= 0.6 is 0 Å². The summed E-state index contributed by atoms with van der Waals surface area (Å²) >= 11 is 0. The van der Waals surface area contributed by atoms with Crippen molar-refractivity contribution >= 4 is 0 Å². The Morgan fingerprint density at radius 2 is 2.25 bits per heavy atom. The maximum absolute atomic E-state index is 4.12. The molecule has 0 fully saturated rings. The summed E-state index contributed by atoms with van der Waals surface area (Å²) in [6.45, 7) is 3.91. The highest BCUT2D eigenvalue weighted by Gasteiger charge is 1.82. The van der Waals surface area contributed by atoms with E-state index in [9.17, 15) is 0 Å². The lowest BCUT2D eigenvalue weighted by atomic mass is 10.3. The molecule has 1 aromatic heterocycles. The summed E-state index contributed by atoms with van der Waals surface area (Å²) in [4.78, 5) is 4.12. The van der Waals surface area contributed by atoms with Crippen molar-refractivity contribution in [1.29, 1.82) is 0 Å². The van der Waals surface area contributed by atoms with Gasteiger partial charge in [-0.2, -0.15) is 0 Å². The van der Waals surface area contributed by atoms with Crippen molar-refractivity contribution in [1.82, 2.24) is 4.98 Å². The van der Waals surface area contributed by atoms with Crippen molar-refractivity contribution in [2.24, 2.45) is 0 Å². The number of rotatable bonds is 0. The van der Waals surface area contributed by atoms with Gasteiger partial charge in [0.25, 0.3) is 0 Å². The van der Waals surface area contributed by atoms with Crippen LogP contribution < -0.4 is 0 Å². The molecule has 0 amide bonds. The lowest BCUT2D eigenvalue weighted by Gasteiger charge is -1.89. The van der Waals surface area contributed by atoms with Crippen LogP contribution in [0.1, 0.15) is 11.4 Å². The van der Waals surface area contributed by atoms with Gasteiger partial charge >= 0.3 is 0 Å². The van der Waals surface area contributed by atoms with Crippen LogP contribution in [-0.4, -0.2) is 4.98 Å². The molecule has 1 heteroatoms. The molecule has 0 unspecified atom stereocenters. The van der Waals surface area contributed by atoms with Crippen LogP contribution in [0.5, 0.6) is 0 Å². The molecule has 1 radical (unpaired) electrons. The zero-order chi connectivity index (χ0) is 5.98. The minimum Gasteiger partial charge on any atom is -0.258 e. The first-order chi connectivity index (χ1) is 3.79. The van der Waals surface area contributed by atoms with E-state index in [0.29, 0.717) is 0 Å². The SMILES string of the molecule is Cc1[c]ccc(C)n1. The fourth-order valence-corrected chi connectivity index (χ4v) is 0.617. The van der Waals surface area contributed by atoms with Gasteiger partial charge in [-0.25, -0.2) is 0 Å². The van der Waals surface area contributed by atoms with Gasteiger partial charge in [0, 0.05) is 17.5 Å². The van der Waals surface area contributed by atoms with Crippen LogP contribution in [0.2, 0.25) is 0 Å². The Morgan fingerprint density at radius 3 is 2.62 bits per heavy atom. The number of aromatic nitrogens is 1. The lowest BCUT2D eigenvalue weighted by molar-refractivity contribution is 1.12. The topological polar surface area (TPSA) is 12.9 Å². The standard InChI is InChI=1S/C7H8N/c1-6-4-3-5-7(2)8-6/h3-4H,1-2H3. The van der Waals surface area contributed by atoms with Crippen LogP contribution in [-0.2, 0) is 0 Å². The fraction of sp³-hybridized carbons (Fsp3) is 0.286. The van der Waals surface area contributed by atoms with E-state index in [-0.39, 0.29) is 0 Å². The van der Waals surface area contributed by atoms with Crippen molar-refractivity contribution in [2.75, 3.05) is 0 Å². The zero-order valence-corrected chi connectivity index (χ0v) is 5.10. The predicted molar refractivity (Wildman–Crippen MR) is 32.5 cm³/mol. The minimum atomic E-state index is 0.963. The molecule has 0 aliphatic carbocycles. The zero-order valence-electron chi connectivity index (χ0n) is 5.10. The fourth-order valence-electron chi connectivity index (χ4n) is 0.617. The molecule has 0 N–H and O–H groups in total. The average molecular weight is 106 g/mol. The summed E-state index contributed by atoms with van der Waals surface area (Å²) < 4.78 is 0. The van der Waals surface area contributed by atoms with Gasteiger partial charge in [-0.3, -0.25) is 4.98 Å². The van der Waals surface area contributed by atoms with Gasteiger partial charge in [0.1, 0.15) is 0 Å². The molecule has 1 heterocycles. The van der Waals surface area contributed by atoms with Crippen LogP contribution in [0, 0.1) is 19.9 Å². The van der Waals surface area contributed by atoms with Crippen molar-refractivity contribution in [3.05, 3.63) is 29.6 Å². The molecule has 1 nitrogen and oxygen atoms in total. The average Bonchev–Trinajstić information content (AvgIpc) is 1.64. The number of pyridine rings is 1. The molecule has 0 bridgehead atoms. The molecule has 1 aromatic rings. The Labute approximate surface area is 49.4 Å². The van der Waals surface area contributed by atoms with Gasteiger partial charge in [-0.15, -0.1) is 0 Å². The Hall–Kier alpha value is -0.850. The predicted octanol–water partition coefficient (Wildman–Crippen LogP) is 1.50. The normalized spacial score (nSPS) is 9.25. The molecular formula is C7H8N. The number of nitrogens with zero attached hydrogens (tertiary/aromatic N) is 1. The first-order valence-electron chi connectivity index (χ1n) is 2.61. The molecule has 0 aliphatic heterocycles. The van der Waals surface area contributed by atoms with Gasteiger partial charge < -0.3 is 0 Å². The highest BCUT2D eigenvalue weighted by molar-refractivity contribution is 5.06. The third kappa shape index (κ3) is 1.06. The van der Waals surface area contributed by atoms with Gasteiger partial charge in [0.05, 0.1) is 0 Å². The molecule has 1 rings (SSSR count). The second kappa shape index (κ2) is 1.95. The maximum Gasteiger partial charge on any atom is 0.0454 e. The Morgan fingerprint density at radius 1 is 1.50 bits per heavy atom. The Bertz CT molecular complexity index is 164. The highest BCUT2D eigenvalue weighted by Crippen LogP contribution is 1.92. The summed E-state index contributed by atoms with van der Waals surface area (Å²) in [6.07, 6.45) is 0. The van der Waals surface area contributed by atoms with E-state index in [4.69, 9.17) is 0 Å². The van der Waals surface area contributed by atoms with Crippen LogP contribution in [0.4, 0.5) is 0 Å².